The number of hydrogen-bond donors (Lipinski definition) is 1. The summed E-state index contributed by atoms with van der Waals surface area (Å²) in [5, 5.41) is 4.59. The second-order valence-corrected chi connectivity index (χ2v) is 7.23. The van der Waals surface area contributed by atoms with Crippen molar-refractivity contribution in [3.8, 4) is 11.5 Å². The van der Waals surface area contributed by atoms with Gasteiger partial charge < -0.3 is 9.47 Å². The van der Waals surface area contributed by atoms with Gasteiger partial charge in [0, 0.05) is 5.02 Å². The van der Waals surface area contributed by atoms with Crippen molar-refractivity contribution < 1.29 is 14.3 Å². The molecule has 1 N–H and O–H groups in total. The quantitative estimate of drug-likeness (QED) is 0.403. The summed E-state index contributed by atoms with van der Waals surface area (Å²) in [6, 6.07) is 22.5. The first-order chi connectivity index (χ1) is 14.5. The van der Waals surface area contributed by atoms with E-state index in [2.05, 4.69) is 41.7 Å². The fourth-order valence-electron chi connectivity index (χ4n) is 2.53. The molecule has 0 bridgehead atoms. The molecule has 0 aliphatic heterocycles. The van der Waals surface area contributed by atoms with Gasteiger partial charge in [-0.05, 0) is 73.5 Å². The second kappa shape index (κ2) is 10.5. The lowest BCUT2D eigenvalue weighted by Crippen LogP contribution is -2.33. The Morgan fingerprint density at radius 1 is 1.00 bits per heavy atom. The number of hydrazone groups is 1. The van der Waals surface area contributed by atoms with Crippen LogP contribution in [0.25, 0.3) is 0 Å². The van der Waals surface area contributed by atoms with Crippen LogP contribution in [0.15, 0.2) is 77.9 Å². The van der Waals surface area contributed by atoms with Crippen molar-refractivity contribution in [3.63, 3.8) is 0 Å². The molecule has 30 heavy (non-hydrogen) atoms. The predicted molar refractivity (Wildman–Crippen MR) is 119 cm³/mol. The number of carbonyl (C=O) groups is 1. The molecular formula is C24H23ClN2O3. The molecular weight excluding hydrogens is 400 g/mol. The first-order valence-corrected chi connectivity index (χ1v) is 9.91. The van der Waals surface area contributed by atoms with Crippen LogP contribution in [0.5, 0.6) is 11.5 Å². The van der Waals surface area contributed by atoms with Crippen LogP contribution in [0.2, 0.25) is 5.02 Å². The normalized spacial score (nSPS) is 11.8. The predicted octanol–water partition coefficient (Wildman–Crippen LogP) is 5.15. The number of hydrogen-bond acceptors (Lipinski definition) is 4. The van der Waals surface area contributed by atoms with E-state index in [4.69, 9.17) is 21.1 Å². The Bertz CT molecular complexity index is 984. The van der Waals surface area contributed by atoms with E-state index in [1.807, 2.05) is 24.3 Å². The summed E-state index contributed by atoms with van der Waals surface area (Å²) in [7, 11) is 0. The highest BCUT2D eigenvalue weighted by Crippen LogP contribution is 2.17. The van der Waals surface area contributed by atoms with Crippen LogP contribution in [-0.4, -0.2) is 18.2 Å². The average Bonchev–Trinajstić information content (AvgIpc) is 2.76. The van der Waals surface area contributed by atoms with Crippen LogP contribution in [0.4, 0.5) is 0 Å². The van der Waals surface area contributed by atoms with E-state index in [-0.39, 0.29) is 5.91 Å². The minimum Gasteiger partial charge on any atom is -0.489 e. The number of nitrogens with zero attached hydrogens (tertiary/aromatic N) is 1. The summed E-state index contributed by atoms with van der Waals surface area (Å²) >= 11 is 5.84. The minimum atomic E-state index is -0.694. The lowest BCUT2D eigenvalue weighted by molar-refractivity contribution is -0.127. The Kier molecular flexibility index (Phi) is 7.46. The molecule has 3 rings (SSSR count). The molecule has 0 saturated heterocycles. The molecule has 0 saturated carbocycles. The van der Waals surface area contributed by atoms with Crippen molar-refractivity contribution in [2.75, 3.05) is 0 Å². The number of rotatable bonds is 8. The van der Waals surface area contributed by atoms with Gasteiger partial charge in [-0.1, -0.05) is 41.4 Å². The van der Waals surface area contributed by atoms with Gasteiger partial charge in [-0.15, -0.1) is 0 Å². The summed E-state index contributed by atoms with van der Waals surface area (Å²) in [6.45, 7) is 4.22. The topological polar surface area (TPSA) is 59.9 Å². The SMILES string of the molecule is Cc1ccc(COc2ccc(/C=N\NC(=O)[C@H](C)Oc3ccc(Cl)cc3)cc2)cc1. The summed E-state index contributed by atoms with van der Waals surface area (Å²) in [4.78, 5) is 12.1. The number of amides is 1. The van der Waals surface area contributed by atoms with Crippen molar-refractivity contribution in [1.29, 1.82) is 0 Å². The van der Waals surface area contributed by atoms with Crippen LogP contribution in [0.1, 0.15) is 23.6 Å². The molecule has 0 radical (unpaired) electrons. The van der Waals surface area contributed by atoms with Gasteiger partial charge in [0.05, 0.1) is 6.21 Å². The molecule has 1 amide bonds. The van der Waals surface area contributed by atoms with E-state index in [0.717, 1.165) is 16.9 Å². The van der Waals surface area contributed by atoms with Gasteiger partial charge in [-0.2, -0.15) is 5.10 Å². The number of nitrogens with one attached hydrogen (secondary N) is 1. The first-order valence-electron chi connectivity index (χ1n) is 9.53. The minimum absolute atomic E-state index is 0.348. The third-order valence-electron chi connectivity index (χ3n) is 4.29. The lowest BCUT2D eigenvalue weighted by Gasteiger charge is -2.12. The Labute approximate surface area is 181 Å². The van der Waals surface area contributed by atoms with Gasteiger partial charge in [0.15, 0.2) is 6.10 Å². The number of aryl methyl sites for hydroxylation is 1. The van der Waals surface area contributed by atoms with Crippen LogP contribution >= 0.6 is 11.6 Å². The summed E-state index contributed by atoms with van der Waals surface area (Å²) < 4.78 is 11.3. The zero-order valence-electron chi connectivity index (χ0n) is 16.8. The van der Waals surface area contributed by atoms with Gasteiger partial charge in [-0.3, -0.25) is 4.79 Å². The standard InChI is InChI=1S/C24H23ClN2O3/c1-17-3-5-20(6-4-17)16-29-22-11-7-19(8-12-22)15-26-27-24(28)18(2)30-23-13-9-21(25)10-14-23/h3-15,18H,16H2,1-2H3,(H,27,28)/b26-15-/t18-/m0/s1. The van der Waals surface area contributed by atoms with Gasteiger partial charge in [0.2, 0.25) is 0 Å². The lowest BCUT2D eigenvalue weighted by atomic mass is 10.2. The highest BCUT2D eigenvalue weighted by Gasteiger charge is 2.13. The molecule has 5 nitrogen and oxygen atoms in total. The molecule has 1 atom stereocenters. The molecule has 0 aliphatic rings. The molecule has 0 heterocycles. The Morgan fingerprint density at radius 2 is 1.63 bits per heavy atom. The maximum absolute atomic E-state index is 12.1. The average molecular weight is 423 g/mol. The highest BCUT2D eigenvalue weighted by molar-refractivity contribution is 6.30. The van der Waals surface area contributed by atoms with E-state index >= 15 is 0 Å². The van der Waals surface area contributed by atoms with E-state index in [9.17, 15) is 4.79 Å². The fraction of sp³-hybridized carbons (Fsp3) is 0.167. The van der Waals surface area contributed by atoms with Crippen LogP contribution in [-0.2, 0) is 11.4 Å². The van der Waals surface area contributed by atoms with E-state index in [1.54, 1.807) is 37.4 Å². The molecule has 0 fully saturated rings. The number of carbonyl (C=O) groups excluding carboxylic acids is 1. The van der Waals surface area contributed by atoms with Crippen molar-refractivity contribution in [1.82, 2.24) is 5.43 Å². The number of halogens is 1. The molecule has 6 heteroatoms. The van der Waals surface area contributed by atoms with Gasteiger partial charge in [0.25, 0.3) is 5.91 Å². The Balaban J connectivity index is 1.45. The fourth-order valence-corrected chi connectivity index (χ4v) is 2.66. The highest BCUT2D eigenvalue weighted by atomic mass is 35.5. The zero-order chi connectivity index (χ0) is 21.3. The van der Waals surface area contributed by atoms with Crippen LogP contribution in [0.3, 0.4) is 0 Å². The van der Waals surface area contributed by atoms with Crippen molar-refractivity contribution in [3.05, 3.63) is 94.5 Å². The Hall–Kier alpha value is -3.31. The third kappa shape index (κ3) is 6.64. The van der Waals surface area contributed by atoms with E-state index in [1.165, 1.54) is 5.56 Å². The smallest absolute Gasteiger partial charge is 0.280 e. The molecule has 0 unspecified atom stereocenters. The van der Waals surface area contributed by atoms with Crippen molar-refractivity contribution >= 4 is 23.7 Å². The Morgan fingerprint density at radius 3 is 2.30 bits per heavy atom. The van der Waals surface area contributed by atoms with Gasteiger partial charge in [-0.25, -0.2) is 5.43 Å². The maximum Gasteiger partial charge on any atom is 0.280 e. The first kappa shape index (κ1) is 21.4. The zero-order valence-corrected chi connectivity index (χ0v) is 17.6. The summed E-state index contributed by atoms with van der Waals surface area (Å²) in [5.74, 6) is 0.980. The summed E-state index contributed by atoms with van der Waals surface area (Å²) in [6.07, 6.45) is 0.873. The molecule has 0 spiro atoms. The molecule has 3 aromatic carbocycles. The second-order valence-electron chi connectivity index (χ2n) is 6.79. The molecule has 0 aromatic heterocycles. The number of benzene rings is 3. The van der Waals surface area contributed by atoms with Gasteiger partial charge in [0.1, 0.15) is 18.1 Å². The molecule has 154 valence electrons. The third-order valence-corrected chi connectivity index (χ3v) is 4.54. The number of ether oxygens (including phenoxy) is 2. The monoisotopic (exact) mass is 422 g/mol. The van der Waals surface area contributed by atoms with Crippen LogP contribution in [0, 0.1) is 6.92 Å². The van der Waals surface area contributed by atoms with Gasteiger partial charge >= 0.3 is 0 Å². The molecule has 0 aliphatic carbocycles. The van der Waals surface area contributed by atoms with E-state index in [0.29, 0.717) is 17.4 Å². The van der Waals surface area contributed by atoms with E-state index < -0.39 is 6.10 Å². The maximum atomic E-state index is 12.1. The summed E-state index contributed by atoms with van der Waals surface area (Å²) in [5.41, 5.74) is 5.65. The van der Waals surface area contributed by atoms with Crippen molar-refractivity contribution in [2.24, 2.45) is 5.10 Å². The van der Waals surface area contributed by atoms with Crippen LogP contribution < -0.4 is 14.9 Å². The largest absolute Gasteiger partial charge is 0.489 e. The van der Waals surface area contributed by atoms with Crippen molar-refractivity contribution in [2.45, 2.75) is 26.6 Å². The molecule has 3 aromatic rings.